The Labute approximate surface area is 221 Å². The van der Waals surface area contributed by atoms with Gasteiger partial charge >= 0.3 is 12.2 Å². The number of para-hydroxylation sites is 1. The van der Waals surface area contributed by atoms with Gasteiger partial charge in [-0.15, -0.1) is 0 Å². The third-order valence-electron chi connectivity index (χ3n) is 7.54. The smallest absolute Gasteiger partial charge is 0.324 e. The van der Waals surface area contributed by atoms with E-state index in [1.165, 1.54) is 17.0 Å². The van der Waals surface area contributed by atoms with Crippen molar-refractivity contribution < 1.29 is 27.6 Å². The molecule has 9 heteroatoms. The van der Waals surface area contributed by atoms with E-state index in [-0.39, 0.29) is 17.5 Å². The Morgan fingerprint density at radius 1 is 0.947 bits per heavy atom. The average molecular weight is 530 g/mol. The summed E-state index contributed by atoms with van der Waals surface area (Å²) in [6.45, 7) is 7.55. The summed E-state index contributed by atoms with van der Waals surface area (Å²) in [5.74, 6) is -0.809. The molecule has 0 unspecified atom stereocenters. The molecule has 0 aromatic heterocycles. The van der Waals surface area contributed by atoms with Crippen molar-refractivity contribution in [3.05, 3.63) is 59.2 Å². The number of hydrogen-bond acceptors (Lipinski definition) is 3. The molecule has 4 rings (SSSR count). The van der Waals surface area contributed by atoms with Gasteiger partial charge in [-0.1, -0.05) is 71.2 Å². The van der Waals surface area contributed by atoms with Crippen LogP contribution in [0.15, 0.2) is 42.5 Å². The number of anilines is 2. The first-order chi connectivity index (χ1) is 17.9. The van der Waals surface area contributed by atoms with Gasteiger partial charge in [-0.05, 0) is 54.0 Å². The fourth-order valence-electron chi connectivity index (χ4n) is 5.65. The lowest BCUT2D eigenvalue weighted by Gasteiger charge is -2.38. The van der Waals surface area contributed by atoms with E-state index in [9.17, 15) is 27.6 Å². The molecular formula is C29H34F3N3O3. The van der Waals surface area contributed by atoms with Crippen molar-refractivity contribution in [1.82, 2.24) is 4.90 Å². The molecular weight excluding hydrogens is 495 g/mol. The predicted molar refractivity (Wildman–Crippen MR) is 140 cm³/mol. The lowest BCUT2D eigenvalue weighted by atomic mass is 9.80. The van der Waals surface area contributed by atoms with Crippen LogP contribution in [0.25, 0.3) is 0 Å². The van der Waals surface area contributed by atoms with Crippen LogP contribution in [0.4, 0.5) is 29.3 Å². The van der Waals surface area contributed by atoms with Gasteiger partial charge < -0.3 is 5.32 Å². The molecule has 38 heavy (non-hydrogen) atoms. The summed E-state index contributed by atoms with van der Waals surface area (Å²) in [5, 5.41) is 2.93. The lowest BCUT2D eigenvalue weighted by molar-refractivity contribution is -0.137. The summed E-state index contributed by atoms with van der Waals surface area (Å²) in [6.07, 6.45) is -1.74. The maximum atomic E-state index is 13.8. The van der Waals surface area contributed by atoms with Crippen LogP contribution in [0.5, 0.6) is 0 Å². The van der Waals surface area contributed by atoms with Crippen molar-refractivity contribution in [2.24, 2.45) is 0 Å². The van der Waals surface area contributed by atoms with E-state index in [4.69, 9.17) is 0 Å². The van der Waals surface area contributed by atoms with E-state index in [0.29, 0.717) is 31.4 Å². The van der Waals surface area contributed by atoms with Gasteiger partial charge in [0.2, 0.25) is 5.91 Å². The maximum Gasteiger partial charge on any atom is 0.416 e. The molecule has 1 saturated heterocycles. The number of imide groups is 1. The molecule has 1 saturated carbocycles. The van der Waals surface area contributed by atoms with E-state index < -0.39 is 41.7 Å². The Bertz CT molecular complexity index is 1210. The summed E-state index contributed by atoms with van der Waals surface area (Å²) in [6, 6.07) is 9.52. The molecule has 2 aromatic carbocycles. The van der Waals surface area contributed by atoms with Crippen molar-refractivity contribution in [3.63, 3.8) is 0 Å². The minimum atomic E-state index is -4.60. The molecule has 2 fully saturated rings. The van der Waals surface area contributed by atoms with Crippen molar-refractivity contribution >= 4 is 29.2 Å². The van der Waals surface area contributed by atoms with Crippen LogP contribution < -0.4 is 10.2 Å². The molecule has 0 atom stereocenters. The maximum absolute atomic E-state index is 13.8. The molecule has 0 radical (unpaired) electrons. The van der Waals surface area contributed by atoms with E-state index in [0.717, 1.165) is 34.6 Å². The molecule has 2 aromatic rings. The monoisotopic (exact) mass is 529 g/mol. The first-order valence-electron chi connectivity index (χ1n) is 13.1. The van der Waals surface area contributed by atoms with Crippen LogP contribution in [0.1, 0.15) is 88.3 Å². The molecule has 1 aliphatic carbocycles. The van der Waals surface area contributed by atoms with E-state index in [1.807, 2.05) is 45.9 Å². The molecule has 1 aliphatic heterocycles. The van der Waals surface area contributed by atoms with Crippen molar-refractivity contribution in [2.45, 2.75) is 83.4 Å². The van der Waals surface area contributed by atoms with E-state index >= 15 is 0 Å². The Hall–Kier alpha value is -3.36. The number of urea groups is 1. The average Bonchev–Trinajstić information content (AvgIpc) is 3.04. The topological polar surface area (TPSA) is 69.7 Å². The lowest BCUT2D eigenvalue weighted by Crippen LogP contribution is -2.51. The molecule has 1 N–H and O–H groups in total. The zero-order chi connectivity index (χ0) is 27.8. The predicted octanol–water partition coefficient (Wildman–Crippen LogP) is 7.06. The Morgan fingerprint density at radius 3 is 2.08 bits per heavy atom. The summed E-state index contributed by atoms with van der Waals surface area (Å²) >= 11 is 0. The quantitative estimate of drug-likeness (QED) is 0.407. The van der Waals surface area contributed by atoms with Gasteiger partial charge in [0.25, 0.3) is 5.91 Å². The highest BCUT2D eigenvalue weighted by molar-refractivity contribution is 6.18. The second-order valence-electron chi connectivity index (χ2n) is 10.8. The van der Waals surface area contributed by atoms with Crippen molar-refractivity contribution in [3.8, 4) is 0 Å². The summed E-state index contributed by atoms with van der Waals surface area (Å²) in [5.41, 5.74) is 0.373. The number of halogens is 3. The molecule has 204 valence electrons. The molecule has 6 nitrogen and oxygen atoms in total. The number of alkyl halides is 3. The van der Waals surface area contributed by atoms with Crippen LogP contribution in [-0.4, -0.2) is 34.8 Å². The summed E-state index contributed by atoms with van der Waals surface area (Å²) in [4.78, 5) is 42.8. The van der Waals surface area contributed by atoms with Crippen LogP contribution in [0.2, 0.25) is 0 Å². The van der Waals surface area contributed by atoms with Crippen LogP contribution >= 0.6 is 0 Å². The number of carbonyl (C=O) groups excluding carboxylic acids is 3. The number of benzene rings is 2. The second-order valence-corrected chi connectivity index (χ2v) is 10.8. The van der Waals surface area contributed by atoms with E-state index in [2.05, 4.69) is 5.32 Å². The van der Waals surface area contributed by atoms with Gasteiger partial charge in [0.05, 0.1) is 5.56 Å². The fraction of sp³-hybridized carbons (Fsp3) is 0.483. The highest BCUT2D eigenvalue weighted by Gasteiger charge is 2.58. The Morgan fingerprint density at radius 2 is 1.53 bits per heavy atom. The van der Waals surface area contributed by atoms with E-state index in [1.54, 1.807) is 0 Å². The third kappa shape index (κ3) is 5.02. The minimum absolute atomic E-state index is 0.00947. The van der Waals surface area contributed by atoms with Gasteiger partial charge in [-0.25, -0.2) is 4.79 Å². The summed E-state index contributed by atoms with van der Waals surface area (Å²) < 4.78 is 40.4. The first-order valence-corrected chi connectivity index (χ1v) is 13.1. The zero-order valence-electron chi connectivity index (χ0n) is 22.2. The fourth-order valence-corrected chi connectivity index (χ4v) is 5.65. The first kappa shape index (κ1) is 27.7. The normalized spacial score (nSPS) is 17.7. The highest BCUT2D eigenvalue weighted by atomic mass is 19.4. The Kier molecular flexibility index (Phi) is 7.59. The highest BCUT2D eigenvalue weighted by Crippen LogP contribution is 2.44. The number of hydrogen-bond donors (Lipinski definition) is 1. The van der Waals surface area contributed by atoms with Crippen LogP contribution in [0.3, 0.4) is 0 Å². The van der Waals surface area contributed by atoms with Gasteiger partial charge in [-0.3, -0.25) is 19.4 Å². The van der Waals surface area contributed by atoms with Crippen molar-refractivity contribution in [1.29, 1.82) is 0 Å². The van der Waals surface area contributed by atoms with Crippen LogP contribution in [0, 0.1) is 0 Å². The molecule has 1 spiro atoms. The standard InChI is InChI=1S/C29H34F3N3O3/c1-18(2)22-12-9-13-23(19(3)4)25(22)33-24(36)17-34-26(37)28(14-6-5-7-15-28)35(27(34)38)21-11-8-10-20(16-21)29(30,31)32/h8-13,16,18-19H,5-7,14-15,17H2,1-4H3,(H,33,36). The largest absolute Gasteiger partial charge is 0.416 e. The van der Waals surface area contributed by atoms with Gasteiger partial charge in [0.15, 0.2) is 0 Å². The molecule has 4 amide bonds. The number of nitrogens with zero attached hydrogens (tertiary/aromatic N) is 2. The molecule has 2 aliphatic rings. The van der Waals surface area contributed by atoms with Crippen LogP contribution in [-0.2, 0) is 15.8 Å². The minimum Gasteiger partial charge on any atom is -0.324 e. The zero-order valence-corrected chi connectivity index (χ0v) is 22.2. The number of nitrogens with one attached hydrogen (secondary N) is 1. The Balaban J connectivity index is 1.67. The molecule has 0 bridgehead atoms. The van der Waals surface area contributed by atoms with Crippen molar-refractivity contribution in [2.75, 3.05) is 16.8 Å². The summed E-state index contributed by atoms with van der Waals surface area (Å²) in [7, 11) is 0. The van der Waals surface area contributed by atoms with Gasteiger partial charge in [0.1, 0.15) is 12.1 Å². The number of amides is 4. The second kappa shape index (κ2) is 10.4. The number of rotatable bonds is 6. The van der Waals surface area contributed by atoms with Gasteiger partial charge in [-0.2, -0.15) is 13.2 Å². The third-order valence-corrected chi connectivity index (χ3v) is 7.54. The SMILES string of the molecule is CC(C)c1cccc(C(C)C)c1NC(=O)CN1C(=O)N(c2cccc(C(F)(F)F)c2)C2(CCCCC2)C1=O. The number of carbonyl (C=O) groups is 3. The molecule has 1 heterocycles. The van der Waals surface area contributed by atoms with Gasteiger partial charge in [0, 0.05) is 11.4 Å².